The molecule has 0 bridgehead atoms. The molecule has 1 aliphatic rings. The normalized spacial score (nSPS) is 14.0. The molecule has 0 radical (unpaired) electrons. The summed E-state index contributed by atoms with van der Waals surface area (Å²) < 4.78 is 16.5. The van der Waals surface area contributed by atoms with E-state index >= 15 is 0 Å². The second-order valence-electron chi connectivity index (χ2n) is 6.20. The number of carbonyl (C=O) groups excluding carboxylic acids is 2. The van der Waals surface area contributed by atoms with Crippen molar-refractivity contribution >= 4 is 34.0 Å². The van der Waals surface area contributed by atoms with Crippen molar-refractivity contribution in [3.63, 3.8) is 0 Å². The molecule has 3 rings (SSSR count). The van der Waals surface area contributed by atoms with Crippen LogP contribution in [0.25, 0.3) is 10.9 Å². The summed E-state index contributed by atoms with van der Waals surface area (Å²) in [5.41, 5.74) is 5.75. The molecule has 1 amide bonds. The number of ketones is 1. The smallest absolute Gasteiger partial charge is 0.221 e. The number of halogens is 1. The Bertz CT molecular complexity index is 958. The summed E-state index contributed by atoms with van der Waals surface area (Å²) in [6.45, 7) is 4.14. The number of nitrogens with zero attached hydrogens (tertiary/aromatic N) is 1. The van der Waals surface area contributed by atoms with Gasteiger partial charge in [-0.2, -0.15) is 0 Å². The zero-order valence-electron chi connectivity index (χ0n) is 13.7. The topological polar surface area (TPSA) is 94.2 Å². The minimum atomic E-state index is -0.852. The van der Waals surface area contributed by atoms with Gasteiger partial charge in [0.05, 0.1) is 27.8 Å². The summed E-state index contributed by atoms with van der Waals surface area (Å²) in [6.07, 6.45) is 3.33. The average Bonchev–Trinajstić information content (AvgIpc) is 3.33. The van der Waals surface area contributed by atoms with Gasteiger partial charge in [0, 0.05) is 19.2 Å². The van der Waals surface area contributed by atoms with Gasteiger partial charge >= 0.3 is 0 Å². The summed E-state index contributed by atoms with van der Waals surface area (Å²) in [6, 6.07) is 0.139. The highest BCUT2D eigenvalue weighted by Gasteiger charge is 2.30. The van der Waals surface area contributed by atoms with Crippen LogP contribution in [-0.4, -0.2) is 16.3 Å². The molecule has 24 heavy (non-hydrogen) atoms. The quantitative estimate of drug-likeness (QED) is 0.667. The largest absolute Gasteiger partial charge is 0.396 e. The number of rotatable bonds is 3. The Hall–Kier alpha value is -2.70. The van der Waals surface area contributed by atoms with Crippen molar-refractivity contribution in [1.29, 1.82) is 0 Å². The minimum Gasteiger partial charge on any atom is -0.396 e. The van der Waals surface area contributed by atoms with Crippen LogP contribution >= 0.6 is 0 Å². The van der Waals surface area contributed by atoms with Crippen LogP contribution < -0.4 is 16.5 Å². The van der Waals surface area contributed by atoms with Gasteiger partial charge in [0.15, 0.2) is 11.6 Å². The first-order valence-electron chi connectivity index (χ1n) is 7.69. The van der Waals surface area contributed by atoms with Gasteiger partial charge in [-0.3, -0.25) is 14.4 Å². The van der Waals surface area contributed by atoms with Crippen molar-refractivity contribution in [2.24, 2.45) is 0 Å². The van der Waals surface area contributed by atoms with E-state index in [9.17, 15) is 18.8 Å². The maximum Gasteiger partial charge on any atom is 0.221 e. The maximum absolute atomic E-state index is 14.6. The first-order chi connectivity index (χ1) is 11.2. The number of nitrogens with two attached hydrogens (primary N) is 1. The highest BCUT2D eigenvalue weighted by molar-refractivity contribution is 6.06. The lowest BCUT2D eigenvalue weighted by Crippen LogP contribution is -2.22. The Morgan fingerprint density at radius 1 is 1.33 bits per heavy atom. The molecule has 126 valence electrons. The number of aromatic nitrogens is 1. The van der Waals surface area contributed by atoms with Gasteiger partial charge in [-0.15, -0.1) is 0 Å². The molecular formula is C17H18FN3O3. The number of hydrogen-bond donors (Lipinski definition) is 2. The van der Waals surface area contributed by atoms with Gasteiger partial charge in [0.2, 0.25) is 11.3 Å². The fourth-order valence-electron chi connectivity index (χ4n) is 2.97. The molecule has 1 fully saturated rings. The van der Waals surface area contributed by atoms with Crippen molar-refractivity contribution in [2.75, 3.05) is 11.1 Å². The standard InChI is InChI=1S/C17H18FN3O3/c1-7-14(19)13(18)15(20-9(3)23)12-16(7)21(10-4-5-10)6-11(8(2)22)17(12)24/h6,10H,4-5,19H2,1-3H3,(H,20,23). The number of carbonyl (C=O) groups is 2. The van der Waals surface area contributed by atoms with E-state index in [1.165, 1.54) is 20.0 Å². The molecule has 1 aliphatic carbocycles. The number of fused-ring (bicyclic) bond motifs is 1. The summed E-state index contributed by atoms with van der Waals surface area (Å²) in [7, 11) is 0. The lowest BCUT2D eigenvalue weighted by molar-refractivity contribution is -0.114. The van der Waals surface area contributed by atoms with Crippen LogP contribution in [-0.2, 0) is 4.79 Å². The van der Waals surface area contributed by atoms with Gasteiger partial charge in [-0.25, -0.2) is 4.39 Å². The van der Waals surface area contributed by atoms with Gasteiger partial charge < -0.3 is 15.6 Å². The summed E-state index contributed by atoms with van der Waals surface area (Å²) >= 11 is 0. The van der Waals surface area contributed by atoms with Crippen LogP contribution in [0, 0.1) is 12.7 Å². The molecule has 1 aromatic carbocycles. The SMILES string of the molecule is CC(=O)Nc1c(F)c(N)c(C)c2c1c(=O)c(C(C)=O)cn2C1CC1. The molecular weight excluding hydrogens is 313 g/mol. The van der Waals surface area contributed by atoms with Crippen molar-refractivity contribution in [2.45, 2.75) is 39.7 Å². The van der Waals surface area contributed by atoms with E-state index < -0.39 is 22.9 Å². The van der Waals surface area contributed by atoms with E-state index in [0.717, 1.165) is 12.8 Å². The maximum atomic E-state index is 14.6. The van der Waals surface area contributed by atoms with Crippen LogP contribution in [0.1, 0.15) is 48.7 Å². The fraction of sp³-hybridized carbons (Fsp3) is 0.353. The highest BCUT2D eigenvalue weighted by Crippen LogP contribution is 2.41. The molecule has 0 unspecified atom stereocenters. The fourth-order valence-corrected chi connectivity index (χ4v) is 2.97. The molecule has 1 aromatic heterocycles. The van der Waals surface area contributed by atoms with E-state index in [4.69, 9.17) is 5.73 Å². The predicted octanol–water partition coefficient (Wildman–Crippen LogP) is 2.53. The van der Waals surface area contributed by atoms with Gasteiger partial charge in [-0.05, 0) is 32.3 Å². The Balaban J connectivity index is 2.56. The van der Waals surface area contributed by atoms with Crippen molar-refractivity contribution in [3.05, 3.63) is 33.4 Å². The number of amides is 1. The van der Waals surface area contributed by atoms with E-state index in [-0.39, 0.29) is 28.4 Å². The van der Waals surface area contributed by atoms with Gasteiger partial charge in [0.25, 0.3) is 0 Å². The number of benzene rings is 1. The van der Waals surface area contributed by atoms with Crippen LogP contribution in [0.15, 0.2) is 11.0 Å². The molecule has 0 spiro atoms. The van der Waals surface area contributed by atoms with Crippen LogP contribution in [0.2, 0.25) is 0 Å². The first kappa shape index (κ1) is 16.2. The molecule has 6 nitrogen and oxygen atoms in total. The number of nitrogens with one attached hydrogen (secondary N) is 1. The van der Waals surface area contributed by atoms with Crippen molar-refractivity contribution in [1.82, 2.24) is 4.57 Å². The number of aryl methyl sites for hydroxylation is 1. The monoisotopic (exact) mass is 331 g/mol. The Morgan fingerprint density at radius 2 is 1.96 bits per heavy atom. The number of hydrogen-bond acceptors (Lipinski definition) is 4. The highest BCUT2D eigenvalue weighted by atomic mass is 19.1. The Morgan fingerprint density at radius 3 is 2.46 bits per heavy atom. The predicted molar refractivity (Wildman–Crippen MR) is 89.9 cm³/mol. The Labute approximate surface area is 137 Å². The molecule has 1 saturated carbocycles. The van der Waals surface area contributed by atoms with E-state index in [1.807, 2.05) is 4.57 Å². The summed E-state index contributed by atoms with van der Waals surface area (Å²) in [5.74, 6) is -1.78. The van der Waals surface area contributed by atoms with Gasteiger partial charge in [0.1, 0.15) is 0 Å². The zero-order chi connectivity index (χ0) is 17.8. The van der Waals surface area contributed by atoms with Crippen LogP contribution in [0.3, 0.4) is 0 Å². The molecule has 3 N–H and O–H groups in total. The molecule has 1 heterocycles. The molecule has 7 heteroatoms. The zero-order valence-corrected chi connectivity index (χ0v) is 13.7. The lowest BCUT2D eigenvalue weighted by Gasteiger charge is -2.19. The number of Topliss-reactive ketones (excluding diaryl/α,β-unsaturated/α-hetero) is 1. The second kappa shape index (κ2) is 5.43. The average molecular weight is 331 g/mol. The second-order valence-corrected chi connectivity index (χ2v) is 6.20. The first-order valence-corrected chi connectivity index (χ1v) is 7.69. The number of nitrogen functional groups attached to an aromatic ring is 1. The number of pyridine rings is 1. The van der Waals surface area contributed by atoms with Crippen molar-refractivity contribution in [3.8, 4) is 0 Å². The van der Waals surface area contributed by atoms with Gasteiger partial charge in [-0.1, -0.05) is 0 Å². The van der Waals surface area contributed by atoms with Crippen molar-refractivity contribution < 1.29 is 14.0 Å². The van der Waals surface area contributed by atoms with E-state index in [1.54, 1.807) is 6.92 Å². The molecule has 2 aromatic rings. The summed E-state index contributed by atoms with van der Waals surface area (Å²) in [4.78, 5) is 36.1. The molecule has 0 aliphatic heterocycles. The molecule has 0 saturated heterocycles. The third-order valence-electron chi connectivity index (χ3n) is 4.32. The molecule has 0 atom stereocenters. The number of anilines is 2. The third kappa shape index (κ3) is 2.36. The lowest BCUT2D eigenvalue weighted by atomic mass is 10.0. The third-order valence-corrected chi connectivity index (χ3v) is 4.32. The van der Waals surface area contributed by atoms with Crippen LogP contribution in [0.4, 0.5) is 15.8 Å². The van der Waals surface area contributed by atoms with E-state index in [0.29, 0.717) is 11.1 Å². The Kier molecular flexibility index (Phi) is 3.66. The van der Waals surface area contributed by atoms with Crippen LogP contribution in [0.5, 0.6) is 0 Å². The summed E-state index contributed by atoms with van der Waals surface area (Å²) in [5, 5.41) is 2.35. The minimum absolute atomic E-state index is 0.00556. The van der Waals surface area contributed by atoms with E-state index in [2.05, 4.69) is 5.32 Å².